The highest BCUT2D eigenvalue weighted by Crippen LogP contribution is 2.31. The smallest absolute Gasteiger partial charge is 0.238 e. The van der Waals surface area contributed by atoms with Crippen LogP contribution in [0.25, 0.3) is 0 Å². The molecule has 0 amide bonds. The number of ether oxygens (including phenoxy) is 1. The van der Waals surface area contributed by atoms with Gasteiger partial charge < -0.3 is 15.8 Å². The molecule has 0 atom stereocenters. The van der Waals surface area contributed by atoms with Crippen LogP contribution >= 0.6 is 0 Å². The van der Waals surface area contributed by atoms with E-state index in [-0.39, 0.29) is 10.3 Å². The Balaban J connectivity index is 2.07. The summed E-state index contributed by atoms with van der Waals surface area (Å²) in [5, 5.41) is 8.36. The summed E-state index contributed by atoms with van der Waals surface area (Å²) in [5.74, 6) is 0. The Labute approximate surface area is 119 Å². The third-order valence-corrected chi connectivity index (χ3v) is 4.67. The molecule has 0 spiro atoms. The molecular formula is C13H21N3O3S. The van der Waals surface area contributed by atoms with Gasteiger partial charge in [0.15, 0.2) is 0 Å². The summed E-state index contributed by atoms with van der Waals surface area (Å²) in [6, 6.07) is 4.49. The van der Waals surface area contributed by atoms with E-state index in [2.05, 4.69) is 12.2 Å². The van der Waals surface area contributed by atoms with Gasteiger partial charge in [0.1, 0.15) is 0 Å². The van der Waals surface area contributed by atoms with Gasteiger partial charge in [0, 0.05) is 19.8 Å². The van der Waals surface area contributed by atoms with Gasteiger partial charge in [-0.05, 0) is 36.5 Å². The molecule has 112 valence electrons. The minimum Gasteiger partial charge on any atom is -0.397 e. The topological polar surface area (TPSA) is 107 Å². The average molecular weight is 299 g/mol. The second kappa shape index (κ2) is 5.59. The van der Waals surface area contributed by atoms with Crippen molar-refractivity contribution in [3.8, 4) is 0 Å². The maximum absolute atomic E-state index is 11.2. The molecular weight excluding hydrogens is 278 g/mol. The van der Waals surface area contributed by atoms with E-state index in [1.807, 2.05) is 0 Å². The molecule has 7 heteroatoms. The largest absolute Gasteiger partial charge is 0.397 e. The van der Waals surface area contributed by atoms with Gasteiger partial charge >= 0.3 is 0 Å². The van der Waals surface area contributed by atoms with Crippen molar-refractivity contribution in [2.45, 2.75) is 24.7 Å². The van der Waals surface area contributed by atoms with Crippen molar-refractivity contribution in [2.24, 2.45) is 10.6 Å². The van der Waals surface area contributed by atoms with Crippen LogP contribution in [0, 0.1) is 5.41 Å². The molecule has 1 aliphatic rings. The highest BCUT2D eigenvalue weighted by Gasteiger charge is 2.27. The fraction of sp³-hybridized carbons (Fsp3) is 0.538. The van der Waals surface area contributed by atoms with Gasteiger partial charge in [0.2, 0.25) is 10.0 Å². The van der Waals surface area contributed by atoms with Crippen LogP contribution in [0.2, 0.25) is 0 Å². The Bertz CT molecular complexity index is 581. The molecule has 0 unspecified atom stereocenters. The van der Waals surface area contributed by atoms with Crippen molar-refractivity contribution in [3.63, 3.8) is 0 Å². The minimum atomic E-state index is -3.71. The molecule has 5 N–H and O–H groups in total. The van der Waals surface area contributed by atoms with Gasteiger partial charge in [-0.25, -0.2) is 13.6 Å². The molecule has 1 aromatic rings. The normalized spacial score (nSPS) is 18.7. The number of nitrogens with one attached hydrogen (secondary N) is 1. The predicted molar refractivity (Wildman–Crippen MR) is 78.9 cm³/mol. The van der Waals surface area contributed by atoms with Gasteiger partial charge in [0.05, 0.1) is 16.3 Å². The van der Waals surface area contributed by atoms with Crippen LogP contribution < -0.4 is 16.2 Å². The van der Waals surface area contributed by atoms with Crippen LogP contribution in [0.5, 0.6) is 0 Å². The maximum Gasteiger partial charge on any atom is 0.238 e. The van der Waals surface area contributed by atoms with Gasteiger partial charge in [-0.15, -0.1) is 0 Å². The van der Waals surface area contributed by atoms with Gasteiger partial charge in [0.25, 0.3) is 0 Å². The number of nitrogen functional groups attached to an aromatic ring is 1. The molecule has 0 radical (unpaired) electrons. The highest BCUT2D eigenvalue weighted by atomic mass is 32.2. The second-order valence-corrected chi connectivity index (χ2v) is 7.13. The van der Waals surface area contributed by atoms with E-state index < -0.39 is 10.0 Å². The van der Waals surface area contributed by atoms with Crippen LogP contribution in [0.15, 0.2) is 23.1 Å². The van der Waals surface area contributed by atoms with Crippen LogP contribution in [0.1, 0.15) is 19.8 Å². The summed E-state index contributed by atoms with van der Waals surface area (Å²) in [4.78, 5) is 0.0258. The summed E-state index contributed by atoms with van der Waals surface area (Å²) in [5.41, 5.74) is 7.15. The molecule has 0 saturated carbocycles. The first kappa shape index (κ1) is 15.1. The number of rotatable bonds is 4. The van der Waals surface area contributed by atoms with E-state index in [1.165, 1.54) is 12.1 Å². The summed E-state index contributed by atoms with van der Waals surface area (Å²) >= 11 is 0. The van der Waals surface area contributed by atoms with Crippen LogP contribution in [-0.2, 0) is 14.8 Å². The molecule has 0 aromatic heterocycles. The van der Waals surface area contributed by atoms with Crippen molar-refractivity contribution >= 4 is 21.4 Å². The van der Waals surface area contributed by atoms with Gasteiger partial charge in [-0.1, -0.05) is 6.92 Å². The van der Waals surface area contributed by atoms with Gasteiger partial charge in [-0.2, -0.15) is 0 Å². The number of hydrogen-bond acceptors (Lipinski definition) is 5. The molecule has 20 heavy (non-hydrogen) atoms. The number of nitrogens with two attached hydrogens (primary N) is 2. The standard InChI is InChI=1S/C13H21N3O3S/c1-13(4-6-19-7-5-13)9-16-12-3-2-10(8-11(12)14)20(15,17)18/h2-3,8,16H,4-7,9,14H2,1H3,(H2,15,17,18). The monoisotopic (exact) mass is 299 g/mol. The molecule has 1 aromatic carbocycles. The molecule has 0 aliphatic carbocycles. The molecule has 2 rings (SSSR count). The van der Waals surface area contributed by atoms with Crippen LogP contribution in [0.4, 0.5) is 11.4 Å². The zero-order valence-corrected chi connectivity index (χ0v) is 12.4. The quantitative estimate of drug-likeness (QED) is 0.723. The fourth-order valence-electron chi connectivity index (χ4n) is 2.23. The Morgan fingerprint density at radius 3 is 2.55 bits per heavy atom. The van der Waals surface area contributed by atoms with E-state index in [0.29, 0.717) is 5.69 Å². The summed E-state index contributed by atoms with van der Waals surface area (Å²) in [6.45, 7) is 4.53. The number of hydrogen-bond donors (Lipinski definition) is 3. The first-order valence-electron chi connectivity index (χ1n) is 6.54. The lowest BCUT2D eigenvalue weighted by atomic mass is 9.82. The van der Waals surface area contributed by atoms with E-state index in [0.717, 1.165) is 38.3 Å². The molecule has 1 fully saturated rings. The minimum absolute atomic E-state index is 0.0258. The lowest BCUT2D eigenvalue weighted by Crippen LogP contribution is -2.33. The number of primary sulfonamides is 1. The zero-order valence-electron chi connectivity index (χ0n) is 11.6. The second-order valence-electron chi connectivity index (χ2n) is 5.57. The van der Waals surface area contributed by atoms with Crippen molar-refractivity contribution in [2.75, 3.05) is 30.8 Å². The number of sulfonamides is 1. The van der Waals surface area contributed by atoms with Crippen molar-refractivity contribution in [1.82, 2.24) is 0 Å². The highest BCUT2D eigenvalue weighted by molar-refractivity contribution is 7.89. The Hall–Kier alpha value is -1.31. The molecule has 1 saturated heterocycles. The average Bonchev–Trinajstić information content (AvgIpc) is 2.37. The van der Waals surface area contributed by atoms with E-state index in [4.69, 9.17) is 15.6 Å². The van der Waals surface area contributed by atoms with Crippen LogP contribution in [-0.4, -0.2) is 28.2 Å². The first-order chi connectivity index (χ1) is 9.30. The Morgan fingerprint density at radius 1 is 1.35 bits per heavy atom. The molecule has 0 bridgehead atoms. The maximum atomic E-state index is 11.2. The van der Waals surface area contributed by atoms with Crippen molar-refractivity contribution in [3.05, 3.63) is 18.2 Å². The summed E-state index contributed by atoms with van der Waals surface area (Å²) in [7, 11) is -3.71. The first-order valence-corrected chi connectivity index (χ1v) is 8.09. The third kappa shape index (κ3) is 3.62. The number of anilines is 2. The summed E-state index contributed by atoms with van der Waals surface area (Å²) in [6.07, 6.45) is 1.99. The SMILES string of the molecule is CC1(CNc2ccc(S(N)(=O)=O)cc2N)CCOCC1. The van der Waals surface area contributed by atoms with Crippen molar-refractivity contribution in [1.29, 1.82) is 0 Å². The van der Waals surface area contributed by atoms with E-state index in [1.54, 1.807) is 6.07 Å². The molecule has 1 aliphatic heterocycles. The van der Waals surface area contributed by atoms with E-state index >= 15 is 0 Å². The third-order valence-electron chi connectivity index (χ3n) is 3.76. The zero-order chi connectivity index (χ0) is 14.8. The lowest BCUT2D eigenvalue weighted by molar-refractivity contribution is 0.0300. The Kier molecular flexibility index (Phi) is 4.22. The fourth-order valence-corrected chi connectivity index (χ4v) is 2.78. The Morgan fingerprint density at radius 2 is 2.00 bits per heavy atom. The molecule has 1 heterocycles. The molecule has 6 nitrogen and oxygen atoms in total. The van der Waals surface area contributed by atoms with E-state index in [9.17, 15) is 8.42 Å². The van der Waals surface area contributed by atoms with Crippen LogP contribution in [0.3, 0.4) is 0 Å². The number of benzene rings is 1. The summed E-state index contributed by atoms with van der Waals surface area (Å²) < 4.78 is 27.8. The van der Waals surface area contributed by atoms with Crippen molar-refractivity contribution < 1.29 is 13.2 Å². The van der Waals surface area contributed by atoms with Gasteiger partial charge in [-0.3, -0.25) is 0 Å². The lowest BCUT2D eigenvalue weighted by Gasteiger charge is -2.34. The predicted octanol–water partition coefficient (Wildman–Crippen LogP) is 1.14.